The normalized spacial score (nSPS) is 9.95. The van der Waals surface area contributed by atoms with E-state index in [9.17, 15) is 9.59 Å². The molecule has 0 saturated carbocycles. The first-order chi connectivity index (χ1) is 9.04. The van der Waals surface area contributed by atoms with E-state index in [1.807, 2.05) is 6.92 Å². The summed E-state index contributed by atoms with van der Waals surface area (Å²) in [6, 6.07) is 4.94. The maximum absolute atomic E-state index is 11.4. The molecule has 1 rings (SSSR count). The molecular weight excluding hydrogens is 244 g/mol. The molecule has 0 heterocycles. The summed E-state index contributed by atoms with van der Waals surface area (Å²) in [4.78, 5) is 22.5. The van der Waals surface area contributed by atoms with Crippen LogP contribution in [0.15, 0.2) is 18.2 Å². The highest BCUT2D eigenvalue weighted by Gasteiger charge is 2.06. The molecule has 0 radical (unpaired) electrons. The van der Waals surface area contributed by atoms with Gasteiger partial charge < -0.3 is 22.1 Å². The molecule has 1 aromatic carbocycles. The van der Waals surface area contributed by atoms with Crippen LogP contribution >= 0.6 is 0 Å². The second kappa shape index (κ2) is 7.25. The van der Waals surface area contributed by atoms with Gasteiger partial charge in [-0.05, 0) is 24.6 Å². The molecule has 6 heteroatoms. The van der Waals surface area contributed by atoms with Gasteiger partial charge in [-0.2, -0.15) is 0 Å². The van der Waals surface area contributed by atoms with Gasteiger partial charge in [0.2, 0.25) is 5.91 Å². The van der Waals surface area contributed by atoms with Crippen molar-refractivity contribution in [1.82, 2.24) is 5.32 Å². The van der Waals surface area contributed by atoms with Crippen LogP contribution in [0.25, 0.3) is 0 Å². The summed E-state index contributed by atoms with van der Waals surface area (Å²) >= 11 is 0. The van der Waals surface area contributed by atoms with Crippen molar-refractivity contribution in [3.05, 3.63) is 23.8 Å². The van der Waals surface area contributed by atoms with Gasteiger partial charge in [0.25, 0.3) is 5.91 Å². The number of benzene rings is 1. The van der Waals surface area contributed by atoms with Gasteiger partial charge in [-0.3, -0.25) is 9.59 Å². The molecule has 104 valence electrons. The Hall–Kier alpha value is -2.24. The van der Waals surface area contributed by atoms with Crippen molar-refractivity contribution in [1.29, 1.82) is 0 Å². The fourth-order valence-electron chi connectivity index (χ4n) is 1.55. The molecule has 6 N–H and O–H groups in total. The minimum atomic E-state index is -0.568. The number of carbonyl (C=O) groups excluding carboxylic acids is 2. The van der Waals surface area contributed by atoms with Crippen LogP contribution < -0.4 is 22.1 Å². The van der Waals surface area contributed by atoms with Crippen LogP contribution in [0, 0.1) is 0 Å². The van der Waals surface area contributed by atoms with Crippen molar-refractivity contribution in [3.8, 4) is 0 Å². The van der Waals surface area contributed by atoms with Crippen molar-refractivity contribution >= 4 is 23.2 Å². The number of hydrogen-bond donors (Lipinski definition) is 4. The van der Waals surface area contributed by atoms with Gasteiger partial charge in [-0.15, -0.1) is 0 Å². The van der Waals surface area contributed by atoms with Crippen LogP contribution in [0.4, 0.5) is 11.4 Å². The Bertz CT molecular complexity index is 460. The molecule has 1 aromatic rings. The molecule has 6 nitrogen and oxygen atoms in total. The minimum absolute atomic E-state index is 0.0000743. The van der Waals surface area contributed by atoms with Crippen molar-refractivity contribution in [3.63, 3.8) is 0 Å². The van der Waals surface area contributed by atoms with Crippen molar-refractivity contribution < 1.29 is 9.59 Å². The lowest BCUT2D eigenvalue weighted by Crippen LogP contribution is -2.25. The molecule has 0 unspecified atom stereocenters. The summed E-state index contributed by atoms with van der Waals surface area (Å²) in [5.74, 6) is -0.568. The Morgan fingerprint density at radius 2 is 2.00 bits per heavy atom. The van der Waals surface area contributed by atoms with Crippen molar-refractivity contribution in [2.45, 2.75) is 19.8 Å². The highest BCUT2D eigenvalue weighted by Crippen LogP contribution is 2.17. The average molecular weight is 264 g/mol. The number of amides is 2. The van der Waals surface area contributed by atoms with E-state index in [0.717, 1.165) is 6.42 Å². The molecular formula is C13H20N4O2. The molecule has 2 amide bonds. The minimum Gasteiger partial charge on any atom is -0.398 e. The summed E-state index contributed by atoms with van der Waals surface area (Å²) in [6.45, 7) is 3.17. The van der Waals surface area contributed by atoms with Crippen LogP contribution in [0.1, 0.15) is 30.1 Å². The lowest BCUT2D eigenvalue weighted by Gasteiger charge is -2.09. The van der Waals surface area contributed by atoms with Crippen LogP contribution in [-0.4, -0.2) is 24.9 Å². The summed E-state index contributed by atoms with van der Waals surface area (Å²) in [5.41, 5.74) is 12.2. The number of carbonyl (C=O) groups is 2. The van der Waals surface area contributed by atoms with E-state index in [0.29, 0.717) is 30.9 Å². The predicted octanol–water partition coefficient (Wildman–Crippen LogP) is 0.696. The molecule has 0 aliphatic rings. The maximum Gasteiger partial charge on any atom is 0.250 e. The second-order valence-electron chi connectivity index (χ2n) is 4.19. The van der Waals surface area contributed by atoms with Gasteiger partial charge in [-0.1, -0.05) is 6.92 Å². The SMILES string of the molecule is CCCNC(=O)CCNc1ccc(N)c(C(N)=O)c1. The third-order valence-electron chi connectivity index (χ3n) is 2.57. The molecule has 0 atom stereocenters. The van der Waals surface area contributed by atoms with E-state index in [4.69, 9.17) is 11.5 Å². The van der Waals surface area contributed by atoms with Crippen LogP contribution in [0.5, 0.6) is 0 Å². The van der Waals surface area contributed by atoms with E-state index in [1.54, 1.807) is 18.2 Å². The Morgan fingerprint density at radius 3 is 2.63 bits per heavy atom. The third-order valence-corrected chi connectivity index (χ3v) is 2.57. The highest BCUT2D eigenvalue weighted by molar-refractivity contribution is 5.98. The molecule has 19 heavy (non-hydrogen) atoms. The van der Waals surface area contributed by atoms with Gasteiger partial charge in [0.05, 0.1) is 5.56 Å². The number of anilines is 2. The number of nitrogens with two attached hydrogens (primary N) is 2. The quantitative estimate of drug-likeness (QED) is 0.543. The summed E-state index contributed by atoms with van der Waals surface area (Å²) in [7, 11) is 0. The lowest BCUT2D eigenvalue weighted by molar-refractivity contribution is -0.120. The van der Waals surface area contributed by atoms with E-state index < -0.39 is 5.91 Å². The van der Waals surface area contributed by atoms with Gasteiger partial charge in [-0.25, -0.2) is 0 Å². The van der Waals surface area contributed by atoms with Crippen LogP contribution in [-0.2, 0) is 4.79 Å². The van der Waals surface area contributed by atoms with E-state index >= 15 is 0 Å². The molecule has 0 spiro atoms. The number of hydrogen-bond acceptors (Lipinski definition) is 4. The Labute approximate surface area is 112 Å². The summed E-state index contributed by atoms with van der Waals surface area (Å²) in [6.07, 6.45) is 1.29. The smallest absolute Gasteiger partial charge is 0.250 e. The molecule has 0 aromatic heterocycles. The predicted molar refractivity (Wildman–Crippen MR) is 75.8 cm³/mol. The first-order valence-electron chi connectivity index (χ1n) is 6.24. The van der Waals surface area contributed by atoms with Crippen molar-refractivity contribution in [2.75, 3.05) is 24.1 Å². The van der Waals surface area contributed by atoms with Gasteiger partial charge in [0.1, 0.15) is 0 Å². The van der Waals surface area contributed by atoms with Gasteiger partial charge in [0, 0.05) is 30.9 Å². The molecule has 0 aliphatic carbocycles. The third kappa shape index (κ3) is 4.87. The monoisotopic (exact) mass is 264 g/mol. The van der Waals surface area contributed by atoms with Crippen molar-refractivity contribution in [2.24, 2.45) is 5.73 Å². The van der Waals surface area contributed by atoms with E-state index in [-0.39, 0.29) is 11.5 Å². The van der Waals surface area contributed by atoms with E-state index in [1.165, 1.54) is 0 Å². The summed E-state index contributed by atoms with van der Waals surface area (Å²) in [5, 5.41) is 5.83. The fourth-order valence-corrected chi connectivity index (χ4v) is 1.55. The maximum atomic E-state index is 11.4. The standard InChI is InChI=1S/C13H20N4O2/c1-2-6-17-12(18)5-7-16-9-3-4-11(14)10(8-9)13(15)19/h3-4,8,16H,2,5-7,14H2,1H3,(H2,15,19)(H,17,18). The topological polar surface area (TPSA) is 110 Å². The number of primary amides is 1. The highest BCUT2D eigenvalue weighted by atomic mass is 16.1. The zero-order chi connectivity index (χ0) is 14.3. The van der Waals surface area contributed by atoms with Gasteiger partial charge in [0.15, 0.2) is 0 Å². The van der Waals surface area contributed by atoms with E-state index in [2.05, 4.69) is 10.6 Å². The lowest BCUT2D eigenvalue weighted by atomic mass is 10.1. The Balaban J connectivity index is 2.48. The molecule has 0 bridgehead atoms. The first-order valence-corrected chi connectivity index (χ1v) is 6.24. The Morgan fingerprint density at radius 1 is 1.26 bits per heavy atom. The molecule has 0 fully saturated rings. The first kappa shape index (κ1) is 14.8. The molecule has 0 saturated heterocycles. The van der Waals surface area contributed by atoms with Crippen LogP contribution in [0.3, 0.4) is 0 Å². The largest absolute Gasteiger partial charge is 0.398 e. The Kier molecular flexibility index (Phi) is 5.66. The molecule has 0 aliphatic heterocycles. The number of nitrogens with one attached hydrogen (secondary N) is 2. The fraction of sp³-hybridized carbons (Fsp3) is 0.385. The number of nitrogen functional groups attached to an aromatic ring is 1. The second-order valence-corrected chi connectivity index (χ2v) is 4.19. The van der Waals surface area contributed by atoms with Crippen LogP contribution in [0.2, 0.25) is 0 Å². The zero-order valence-corrected chi connectivity index (χ0v) is 11.0. The average Bonchev–Trinajstić information content (AvgIpc) is 2.38. The zero-order valence-electron chi connectivity index (χ0n) is 11.0. The van der Waals surface area contributed by atoms with Gasteiger partial charge >= 0.3 is 0 Å². The summed E-state index contributed by atoms with van der Waals surface area (Å²) < 4.78 is 0. The number of rotatable bonds is 7.